The van der Waals surface area contributed by atoms with Gasteiger partial charge in [0.1, 0.15) is 0 Å². The Balaban J connectivity index is 1.68. The van der Waals surface area contributed by atoms with Gasteiger partial charge in [-0.1, -0.05) is 6.92 Å². The molecule has 2 saturated heterocycles. The topological polar surface area (TPSA) is 33.7 Å². The minimum absolute atomic E-state index is 0.286. The third kappa shape index (κ3) is 4.54. The quantitative estimate of drug-likeness (QED) is 0.775. The molecule has 2 rings (SSSR count). The van der Waals surface area contributed by atoms with Crippen molar-refractivity contribution >= 4 is 0 Å². The SMILES string of the molecule is CCCNC1CCCN(CC2COCCO2)C1. The summed E-state index contributed by atoms with van der Waals surface area (Å²) in [7, 11) is 0. The molecule has 2 aliphatic rings. The monoisotopic (exact) mass is 242 g/mol. The van der Waals surface area contributed by atoms with Crippen LogP contribution < -0.4 is 5.32 Å². The van der Waals surface area contributed by atoms with Gasteiger partial charge in [0.2, 0.25) is 0 Å². The van der Waals surface area contributed by atoms with E-state index in [0.717, 1.165) is 32.9 Å². The van der Waals surface area contributed by atoms with E-state index in [9.17, 15) is 0 Å². The van der Waals surface area contributed by atoms with Crippen LogP contribution in [-0.2, 0) is 9.47 Å². The van der Waals surface area contributed by atoms with Gasteiger partial charge in [-0.25, -0.2) is 0 Å². The molecule has 2 fully saturated rings. The summed E-state index contributed by atoms with van der Waals surface area (Å²) < 4.78 is 11.2. The normalized spacial score (nSPS) is 31.6. The largest absolute Gasteiger partial charge is 0.376 e. The highest BCUT2D eigenvalue weighted by Crippen LogP contribution is 2.12. The maximum Gasteiger partial charge on any atom is 0.0936 e. The minimum Gasteiger partial charge on any atom is -0.376 e. The van der Waals surface area contributed by atoms with E-state index in [2.05, 4.69) is 17.1 Å². The molecule has 0 aromatic rings. The molecule has 0 amide bonds. The first kappa shape index (κ1) is 13.3. The van der Waals surface area contributed by atoms with Crippen LogP contribution in [0.3, 0.4) is 0 Å². The summed E-state index contributed by atoms with van der Waals surface area (Å²) in [5.41, 5.74) is 0. The molecule has 2 aliphatic heterocycles. The fourth-order valence-corrected chi connectivity index (χ4v) is 2.67. The zero-order chi connectivity index (χ0) is 11.9. The van der Waals surface area contributed by atoms with Gasteiger partial charge in [0.25, 0.3) is 0 Å². The number of nitrogens with one attached hydrogen (secondary N) is 1. The van der Waals surface area contributed by atoms with Gasteiger partial charge in [-0.15, -0.1) is 0 Å². The van der Waals surface area contributed by atoms with Crippen molar-refractivity contribution in [2.75, 3.05) is 46.0 Å². The lowest BCUT2D eigenvalue weighted by Crippen LogP contribution is -2.49. The summed E-state index contributed by atoms with van der Waals surface area (Å²) in [5, 5.41) is 3.62. The molecule has 2 unspecified atom stereocenters. The molecule has 2 atom stereocenters. The van der Waals surface area contributed by atoms with E-state index in [1.54, 1.807) is 0 Å². The highest BCUT2D eigenvalue weighted by Gasteiger charge is 2.23. The molecule has 0 saturated carbocycles. The lowest BCUT2D eigenvalue weighted by Gasteiger charge is -2.36. The molecule has 100 valence electrons. The predicted molar refractivity (Wildman–Crippen MR) is 68.3 cm³/mol. The Morgan fingerprint density at radius 3 is 3.06 bits per heavy atom. The van der Waals surface area contributed by atoms with Crippen LogP contribution in [0.25, 0.3) is 0 Å². The van der Waals surface area contributed by atoms with E-state index in [0.29, 0.717) is 6.04 Å². The van der Waals surface area contributed by atoms with Gasteiger partial charge in [-0.05, 0) is 32.4 Å². The smallest absolute Gasteiger partial charge is 0.0936 e. The van der Waals surface area contributed by atoms with Gasteiger partial charge in [0, 0.05) is 19.1 Å². The number of piperidine rings is 1. The van der Waals surface area contributed by atoms with Crippen molar-refractivity contribution in [2.24, 2.45) is 0 Å². The van der Waals surface area contributed by atoms with Crippen molar-refractivity contribution in [3.05, 3.63) is 0 Å². The molecule has 0 aromatic heterocycles. The maximum atomic E-state index is 5.71. The number of ether oxygens (including phenoxy) is 2. The van der Waals surface area contributed by atoms with Crippen molar-refractivity contribution in [2.45, 2.75) is 38.3 Å². The number of hydrogen-bond acceptors (Lipinski definition) is 4. The Hall–Kier alpha value is -0.160. The molecule has 4 heteroatoms. The van der Waals surface area contributed by atoms with Crippen LogP contribution in [0.15, 0.2) is 0 Å². The minimum atomic E-state index is 0.286. The van der Waals surface area contributed by atoms with Gasteiger partial charge in [-0.2, -0.15) is 0 Å². The first-order valence-electron chi connectivity index (χ1n) is 7.03. The average molecular weight is 242 g/mol. The standard InChI is InChI=1S/C13H26N2O2/c1-2-5-14-12-4-3-6-15(9-12)10-13-11-16-7-8-17-13/h12-14H,2-11H2,1H3. The fourth-order valence-electron chi connectivity index (χ4n) is 2.67. The van der Waals surface area contributed by atoms with Crippen molar-refractivity contribution in [1.82, 2.24) is 10.2 Å². The Kier molecular flexibility index (Phi) is 5.71. The second kappa shape index (κ2) is 7.31. The number of rotatable bonds is 5. The summed E-state index contributed by atoms with van der Waals surface area (Å²) in [6, 6.07) is 0.674. The van der Waals surface area contributed by atoms with Crippen LogP contribution in [0.5, 0.6) is 0 Å². The Morgan fingerprint density at radius 2 is 2.29 bits per heavy atom. The van der Waals surface area contributed by atoms with Gasteiger partial charge in [0.15, 0.2) is 0 Å². The first-order valence-corrected chi connectivity index (χ1v) is 7.03. The van der Waals surface area contributed by atoms with Crippen LogP contribution in [0.1, 0.15) is 26.2 Å². The molecule has 17 heavy (non-hydrogen) atoms. The Labute approximate surface area is 105 Å². The van der Waals surface area contributed by atoms with Gasteiger partial charge in [-0.3, -0.25) is 4.90 Å². The van der Waals surface area contributed by atoms with E-state index < -0.39 is 0 Å². The molecule has 0 radical (unpaired) electrons. The van der Waals surface area contributed by atoms with Gasteiger partial charge >= 0.3 is 0 Å². The highest BCUT2D eigenvalue weighted by molar-refractivity contribution is 4.80. The molecular formula is C13H26N2O2. The van der Waals surface area contributed by atoms with Crippen molar-refractivity contribution in [3.63, 3.8) is 0 Å². The van der Waals surface area contributed by atoms with Crippen LogP contribution in [-0.4, -0.2) is 63.0 Å². The highest BCUT2D eigenvalue weighted by atomic mass is 16.6. The summed E-state index contributed by atoms with van der Waals surface area (Å²) in [4.78, 5) is 2.52. The summed E-state index contributed by atoms with van der Waals surface area (Å²) in [5.74, 6) is 0. The van der Waals surface area contributed by atoms with Crippen LogP contribution in [0.4, 0.5) is 0 Å². The molecule has 0 aromatic carbocycles. The second-order valence-corrected chi connectivity index (χ2v) is 5.12. The van der Waals surface area contributed by atoms with E-state index in [4.69, 9.17) is 9.47 Å². The predicted octanol–water partition coefficient (Wildman–Crippen LogP) is 0.866. The van der Waals surface area contributed by atoms with Crippen LogP contribution >= 0.6 is 0 Å². The molecule has 4 nitrogen and oxygen atoms in total. The number of likely N-dealkylation sites (tertiary alicyclic amines) is 1. The third-order valence-electron chi connectivity index (χ3n) is 3.54. The molecule has 2 heterocycles. The van der Waals surface area contributed by atoms with Crippen LogP contribution in [0.2, 0.25) is 0 Å². The average Bonchev–Trinajstić information content (AvgIpc) is 2.38. The molecular weight excluding hydrogens is 216 g/mol. The molecule has 0 spiro atoms. The van der Waals surface area contributed by atoms with Crippen molar-refractivity contribution in [3.8, 4) is 0 Å². The summed E-state index contributed by atoms with van der Waals surface area (Å²) in [6.07, 6.45) is 4.12. The first-order chi connectivity index (χ1) is 8.38. The molecule has 1 N–H and O–H groups in total. The van der Waals surface area contributed by atoms with Crippen LogP contribution in [0, 0.1) is 0 Å². The third-order valence-corrected chi connectivity index (χ3v) is 3.54. The maximum absolute atomic E-state index is 5.71. The fraction of sp³-hybridized carbons (Fsp3) is 1.00. The number of hydrogen-bond donors (Lipinski definition) is 1. The molecule has 0 bridgehead atoms. The number of nitrogens with zero attached hydrogens (tertiary/aromatic N) is 1. The van der Waals surface area contributed by atoms with Gasteiger partial charge < -0.3 is 14.8 Å². The lowest BCUT2D eigenvalue weighted by molar-refractivity contribution is -0.0992. The van der Waals surface area contributed by atoms with Crippen molar-refractivity contribution in [1.29, 1.82) is 0 Å². The molecule has 0 aliphatic carbocycles. The Morgan fingerprint density at radius 1 is 1.35 bits per heavy atom. The van der Waals surface area contributed by atoms with E-state index in [-0.39, 0.29) is 6.10 Å². The van der Waals surface area contributed by atoms with Crippen molar-refractivity contribution < 1.29 is 9.47 Å². The zero-order valence-corrected chi connectivity index (χ0v) is 11.0. The summed E-state index contributed by atoms with van der Waals surface area (Å²) >= 11 is 0. The van der Waals surface area contributed by atoms with E-state index in [1.807, 2.05) is 0 Å². The summed E-state index contributed by atoms with van der Waals surface area (Å²) in [6.45, 7) is 9.06. The second-order valence-electron chi connectivity index (χ2n) is 5.12. The lowest BCUT2D eigenvalue weighted by atomic mass is 10.1. The van der Waals surface area contributed by atoms with Gasteiger partial charge in [0.05, 0.1) is 25.9 Å². The zero-order valence-electron chi connectivity index (χ0n) is 11.0. The Bertz CT molecular complexity index is 208. The van der Waals surface area contributed by atoms with E-state index in [1.165, 1.54) is 32.4 Å². The van der Waals surface area contributed by atoms with E-state index >= 15 is 0 Å².